The molecule has 1 aliphatic heterocycles. The van der Waals surface area contributed by atoms with Gasteiger partial charge in [0.05, 0.1) is 6.67 Å². The molecule has 100 valence electrons. The van der Waals surface area contributed by atoms with Crippen LogP contribution in [0, 0.1) is 5.92 Å². The number of hydrogen-bond donors (Lipinski definition) is 0. The van der Waals surface area contributed by atoms with Crippen LogP contribution in [-0.4, -0.2) is 57.5 Å². The maximum Gasteiger partial charge on any atom is 0.100 e. The Morgan fingerprint density at radius 1 is 1.24 bits per heavy atom. The summed E-state index contributed by atoms with van der Waals surface area (Å²) >= 11 is 0. The van der Waals surface area contributed by atoms with E-state index in [9.17, 15) is 0 Å². The molecule has 3 nitrogen and oxygen atoms in total. The minimum Gasteiger partial charge on any atom is -0.366 e. The Balaban J connectivity index is 1.67. The van der Waals surface area contributed by atoms with Crippen molar-refractivity contribution in [3.63, 3.8) is 0 Å². The van der Waals surface area contributed by atoms with Crippen molar-refractivity contribution in [3.05, 3.63) is 0 Å². The van der Waals surface area contributed by atoms with Gasteiger partial charge in [-0.25, -0.2) is 0 Å². The number of rotatable bonds is 6. The van der Waals surface area contributed by atoms with E-state index in [1.165, 1.54) is 25.4 Å². The Hall–Kier alpha value is 0.0969. The van der Waals surface area contributed by atoms with Crippen LogP contribution in [0.25, 0.3) is 0 Å². The molecule has 0 aromatic carbocycles. The summed E-state index contributed by atoms with van der Waals surface area (Å²) in [6.45, 7) is 11.4. The van der Waals surface area contributed by atoms with Gasteiger partial charge in [-0.1, -0.05) is 19.6 Å². The minimum atomic E-state index is -0.928. The van der Waals surface area contributed by atoms with Gasteiger partial charge in [0, 0.05) is 27.3 Å². The molecule has 1 saturated heterocycles. The van der Waals surface area contributed by atoms with E-state index in [-0.39, 0.29) is 0 Å². The van der Waals surface area contributed by atoms with Gasteiger partial charge in [0.2, 0.25) is 0 Å². The van der Waals surface area contributed by atoms with E-state index in [1.54, 1.807) is 0 Å². The van der Waals surface area contributed by atoms with Crippen LogP contribution in [-0.2, 0) is 4.74 Å². The van der Waals surface area contributed by atoms with Crippen LogP contribution >= 0.6 is 0 Å². The molecule has 2 rings (SSSR count). The molecule has 1 aliphatic carbocycles. The molecule has 1 saturated carbocycles. The van der Waals surface area contributed by atoms with Crippen molar-refractivity contribution in [3.8, 4) is 0 Å². The molecule has 2 fully saturated rings. The average molecular weight is 256 g/mol. The molecule has 0 bridgehead atoms. The van der Waals surface area contributed by atoms with Crippen LogP contribution in [0.4, 0.5) is 0 Å². The summed E-state index contributed by atoms with van der Waals surface area (Å²) in [5, 5.41) is 0. The predicted octanol–water partition coefficient (Wildman–Crippen LogP) is 2.28. The van der Waals surface area contributed by atoms with E-state index < -0.39 is 8.07 Å². The first-order valence-electron chi connectivity index (χ1n) is 6.96. The number of hydrogen-bond acceptors (Lipinski definition) is 3. The third-order valence-electron chi connectivity index (χ3n) is 3.81. The molecule has 4 heteroatoms. The zero-order valence-corrected chi connectivity index (χ0v) is 12.9. The van der Waals surface area contributed by atoms with Crippen molar-refractivity contribution in [2.75, 3.05) is 33.6 Å². The van der Waals surface area contributed by atoms with Crippen molar-refractivity contribution in [2.45, 2.75) is 44.6 Å². The van der Waals surface area contributed by atoms with Crippen LogP contribution in [0.5, 0.6) is 0 Å². The fourth-order valence-electron chi connectivity index (χ4n) is 2.53. The Labute approximate surface area is 107 Å². The first kappa shape index (κ1) is 13.5. The molecule has 0 amide bonds. The van der Waals surface area contributed by atoms with Gasteiger partial charge in [-0.2, -0.15) is 0 Å². The highest BCUT2D eigenvalue weighted by Gasteiger charge is 2.39. The van der Waals surface area contributed by atoms with Crippen LogP contribution < -0.4 is 0 Å². The molecule has 0 N–H and O–H groups in total. The third kappa shape index (κ3) is 4.36. The van der Waals surface area contributed by atoms with E-state index >= 15 is 0 Å². The number of ether oxygens (including phenoxy) is 1. The van der Waals surface area contributed by atoms with Gasteiger partial charge in [0.15, 0.2) is 0 Å². The summed E-state index contributed by atoms with van der Waals surface area (Å²) in [5.41, 5.74) is 0. The zero-order chi connectivity index (χ0) is 12.5. The van der Waals surface area contributed by atoms with Gasteiger partial charge in [-0.05, 0) is 31.9 Å². The lowest BCUT2D eigenvalue weighted by molar-refractivity contribution is 0.0195. The molecule has 0 spiro atoms. The third-order valence-corrected chi connectivity index (χ3v) is 5.51. The second-order valence-electron chi connectivity index (χ2n) is 7.02. The average Bonchev–Trinajstić information content (AvgIpc) is 2.97. The van der Waals surface area contributed by atoms with Crippen molar-refractivity contribution in [1.82, 2.24) is 9.80 Å². The highest BCUT2D eigenvalue weighted by atomic mass is 28.3. The van der Waals surface area contributed by atoms with E-state index in [4.69, 9.17) is 4.74 Å². The fraction of sp³-hybridized carbons (Fsp3) is 1.00. The van der Waals surface area contributed by atoms with Gasteiger partial charge in [-0.15, -0.1) is 0 Å². The summed E-state index contributed by atoms with van der Waals surface area (Å²) in [6.07, 6.45) is 2.87. The van der Waals surface area contributed by atoms with Crippen LogP contribution in [0.1, 0.15) is 12.8 Å². The molecular weight excluding hydrogens is 228 g/mol. The highest BCUT2D eigenvalue weighted by molar-refractivity contribution is 6.76. The van der Waals surface area contributed by atoms with Crippen LogP contribution in [0.3, 0.4) is 0 Å². The molecule has 1 unspecified atom stereocenters. The molecule has 0 aromatic heterocycles. The van der Waals surface area contributed by atoms with Crippen molar-refractivity contribution < 1.29 is 4.74 Å². The quantitative estimate of drug-likeness (QED) is 0.536. The second kappa shape index (κ2) is 5.39. The smallest absolute Gasteiger partial charge is 0.100 e. The lowest BCUT2D eigenvalue weighted by atomic mass is 10.2. The molecule has 2 aliphatic rings. The SMILES string of the molecule is CN1CC(C2CC2)N(COCC[Si](C)(C)C)C1. The van der Waals surface area contributed by atoms with E-state index in [0.717, 1.165) is 32.0 Å². The van der Waals surface area contributed by atoms with Gasteiger partial charge < -0.3 is 4.74 Å². The highest BCUT2D eigenvalue weighted by Crippen LogP contribution is 2.37. The van der Waals surface area contributed by atoms with Gasteiger partial charge in [0.1, 0.15) is 6.73 Å². The first-order valence-corrected chi connectivity index (χ1v) is 10.7. The van der Waals surface area contributed by atoms with Crippen molar-refractivity contribution in [2.24, 2.45) is 5.92 Å². The molecule has 0 aromatic rings. The Morgan fingerprint density at radius 2 is 1.94 bits per heavy atom. The number of nitrogens with zero attached hydrogens (tertiary/aromatic N) is 2. The molecule has 1 atom stereocenters. The Morgan fingerprint density at radius 3 is 2.53 bits per heavy atom. The summed E-state index contributed by atoms with van der Waals surface area (Å²) in [4.78, 5) is 4.95. The van der Waals surface area contributed by atoms with E-state index in [1.807, 2.05) is 0 Å². The Kier molecular flexibility index (Phi) is 4.29. The predicted molar refractivity (Wildman–Crippen MR) is 74.8 cm³/mol. The topological polar surface area (TPSA) is 15.7 Å². The molecule has 17 heavy (non-hydrogen) atoms. The van der Waals surface area contributed by atoms with Crippen LogP contribution in [0.15, 0.2) is 0 Å². The summed E-state index contributed by atoms with van der Waals surface area (Å²) in [5.74, 6) is 0.959. The van der Waals surface area contributed by atoms with Crippen molar-refractivity contribution in [1.29, 1.82) is 0 Å². The van der Waals surface area contributed by atoms with E-state index in [0.29, 0.717) is 0 Å². The maximum absolute atomic E-state index is 5.88. The maximum atomic E-state index is 5.88. The summed E-state index contributed by atoms with van der Waals surface area (Å²) in [6, 6.07) is 2.05. The molecular formula is C13H28N2OSi. The monoisotopic (exact) mass is 256 g/mol. The number of likely N-dealkylation sites (N-methyl/N-ethyl adjacent to an activating group) is 1. The van der Waals surface area contributed by atoms with Crippen molar-refractivity contribution >= 4 is 8.07 Å². The van der Waals surface area contributed by atoms with Gasteiger partial charge >= 0.3 is 0 Å². The molecule has 1 heterocycles. The van der Waals surface area contributed by atoms with Gasteiger partial charge in [0.25, 0.3) is 0 Å². The lowest BCUT2D eigenvalue weighted by Gasteiger charge is -2.24. The van der Waals surface area contributed by atoms with Crippen LogP contribution in [0.2, 0.25) is 25.7 Å². The van der Waals surface area contributed by atoms with Gasteiger partial charge in [-0.3, -0.25) is 9.80 Å². The fourth-order valence-corrected chi connectivity index (χ4v) is 3.29. The van der Waals surface area contributed by atoms with E-state index in [2.05, 4.69) is 36.5 Å². The molecule has 0 radical (unpaired) electrons. The zero-order valence-electron chi connectivity index (χ0n) is 11.9. The second-order valence-corrected chi connectivity index (χ2v) is 12.6. The standard InChI is InChI=1S/C13H28N2OSi/c1-14-9-13(12-5-6-12)15(10-14)11-16-7-8-17(2,3)4/h12-13H,5-11H2,1-4H3. The minimum absolute atomic E-state index is 0.770. The first-order chi connectivity index (χ1) is 7.96. The summed E-state index contributed by atoms with van der Waals surface area (Å²) < 4.78 is 5.88. The summed E-state index contributed by atoms with van der Waals surface area (Å²) in [7, 11) is 1.29. The Bertz CT molecular complexity index is 250. The normalized spacial score (nSPS) is 27.9. The lowest BCUT2D eigenvalue weighted by Crippen LogP contribution is -2.35. The largest absolute Gasteiger partial charge is 0.366 e.